The van der Waals surface area contributed by atoms with Gasteiger partial charge >= 0.3 is 11.8 Å². The highest BCUT2D eigenvalue weighted by atomic mass is 16.6. The molecule has 0 N–H and O–H groups in total. The molecule has 0 atom stereocenters. The second kappa shape index (κ2) is 5.92. The molecule has 0 saturated heterocycles. The molecule has 24 heavy (non-hydrogen) atoms. The van der Waals surface area contributed by atoms with Crippen molar-refractivity contribution in [2.24, 2.45) is 13.0 Å². The first-order valence-corrected chi connectivity index (χ1v) is 7.81. The fraction of sp³-hybridized carbons (Fsp3) is 0.625. The average molecular weight is 337 g/mol. The van der Waals surface area contributed by atoms with Crippen molar-refractivity contribution in [1.82, 2.24) is 9.13 Å². The van der Waals surface area contributed by atoms with E-state index in [0.29, 0.717) is 0 Å². The van der Waals surface area contributed by atoms with E-state index in [1.807, 2.05) is 13.8 Å². The van der Waals surface area contributed by atoms with Gasteiger partial charge < -0.3 is 4.74 Å². The molecule has 8 nitrogen and oxygen atoms in total. The second-order valence-electron chi connectivity index (χ2n) is 7.34. The lowest BCUT2D eigenvalue weighted by Gasteiger charge is -2.26. The summed E-state index contributed by atoms with van der Waals surface area (Å²) in [6, 6.07) is 0. The van der Waals surface area contributed by atoms with Crippen molar-refractivity contribution >= 4 is 17.7 Å². The fourth-order valence-corrected chi connectivity index (χ4v) is 2.58. The third kappa shape index (κ3) is 3.13. The minimum absolute atomic E-state index is 0.0380. The highest BCUT2D eigenvalue weighted by molar-refractivity contribution is 6.13. The molecule has 1 amide bonds. The molecule has 0 radical (unpaired) electrons. The molecule has 8 heteroatoms. The summed E-state index contributed by atoms with van der Waals surface area (Å²) in [6.45, 7) is 8.89. The van der Waals surface area contributed by atoms with Crippen molar-refractivity contribution in [3.05, 3.63) is 26.4 Å². The van der Waals surface area contributed by atoms with Crippen molar-refractivity contribution in [3.63, 3.8) is 0 Å². The van der Waals surface area contributed by atoms with E-state index < -0.39 is 28.7 Å². The van der Waals surface area contributed by atoms with E-state index >= 15 is 0 Å². The number of aromatic nitrogens is 2. The lowest BCUT2D eigenvalue weighted by molar-refractivity contribution is 0.0576. The minimum atomic E-state index is -0.758. The molecule has 132 valence electrons. The summed E-state index contributed by atoms with van der Waals surface area (Å²) < 4.78 is 7.51. The van der Waals surface area contributed by atoms with Crippen LogP contribution in [0.2, 0.25) is 0 Å². The Morgan fingerprint density at radius 1 is 1.21 bits per heavy atom. The Labute approximate surface area is 139 Å². The van der Waals surface area contributed by atoms with Gasteiger partial charge in [0.05, 0.1) is 6.54 Å². The number of fused-ring (bicyclic) bond motifs is 1. The van der Waals surface area contributed by atoms with Gasteiger partial charge in [0.15, 0.2) is 5.78 Å². The molecule has 1 aromatic rings. The van der Waals surface area contributed by atoms with E-state index in [-0.39, 0.29) is 30.4 Å². The molecule has 0 bridgehead atoms. The van der Waals surface area contributed by atoms with Gasteiger partial charge in [-0.1, -0.05) is 13.8 Å². The van der Waals surface area contributed by atoms with Crippen LogP contribution in [0.3, 0.4) is 0 Å². The first kappa shape index (κ1) is 18.0. The molecule has 0 unspecified atom stereocenters. The molecule has 0 aliphatic carbocycles. The van der Waals surface area contributed by atoms with Crippen LogP contribution in [0.4, 0.5) is 10.6 Å². The van der Waals surface area contributed by atoms with Gasteiger partial charge in [-0.2, -0.15) is 0 Å². The minimum Gasteiger partial charge on any atom is -0.443 e. The number of hydrogen-bond donors (Lipinski definition) is 0. The summed E-state index contributed by atoms with van der Waals surface area (Å²) in [4.78, 5) is 50.6. The van der Waals surface area contributed by atoms with Crippen LogP contribution >= 0.6 is 0 Å². The fourth-order valence-electron chi connectivity index (χ4n) is 2.58. The lowest BCUT2D eigenvalue weighted by atomic mass is 10.2. The average Bonchev–Trinajstić information content (AvgIpc) is 2.77. The van der Waals surface area contributed by atoms with E-state index in [1.165, 1.54) is 11.6 Å². The number of amides is 1. The van der Waals surface area contributed by atoms with Crippen LogP contribution in [0, 0.1) is 5.92 Å². The Balaban J connectivity index is 2.68. The molecule has 0 fully saturated rings. The molecule has 1 aliphatic heterocycles. The van der Waals surface area contributed by atoms with E-state index in [4.69, 9.17) is 4.74 Å². The Kier molecular flexibility index (Phi) is 4.43. The third-order valence-corrected chi connectivity index (χ3v) is 3.51. The van der Waals surface area contributed by atoms with Gasteiger partial charge in [-0.25, -0.2) is 9.59 Å². The summed E-state index contributed by atoms with van der Waals surface area (Å²) >= 11 is 0. The molecule has 2 rings (SSSR count). The molecule has 0 spiro atoms. The van der Waals surface area contributed by atoms with Crippen molar-refractivity contribution in [1.29, 1.82) is 0 Å². The van der Waals surface area contributed by atoms with Crippen LogP contribution in [0.25, 0.3) is 0 Å². The maximum Gasteiger partial charge on any atom is 0.416 e. The first-order chi connectivity index (χ1) is 10.9. The number of rotatable bonds is 2. The van der Waals surface area contributed by atoms with E-state index in [2.05, 4.69) is 0 Å². The normalized spacial score (nSPS) is 14.3. The number of Topliss-reactive ketones (excluding diaryl/α,β-unsaturated/α-hetero) is 1. The SMILES string of the molecule is CC(C)Cn1c2c(c(=O)n(C)c1=O)C(=O)CN2C(=O)OC(C)(C)C. The third-order valence-electron chi connectivity index (χ3n) is 3.51. The molecule has 0 saturated carbocycles. The van der Waals surface area contributed by atoms with Crippen molar-refractivity contribution < 1.29 is 14.3 Å². The number of anilines is 1. The molecule has 2 heterocycles. The number of ether oxygens (including phenoxy) is 1. The van der Waals surface area contributed by atoms with Gasteiger partial charge in [-0.3, -0.25) is 23.6 Å². The van der Waals surface area contributed by atoms with Gasteiger partial charge in [0, 0.05) is 13.6 Å². The van der Waals surface area contributed by atoms with E-state index in [1.54, 1.807) is 20.8 Å². The standard InChI is InChI=1S/C16H23N3O5/c1-9(2)7-18-12-11(13(21)17(6)14(18)22)10(20)8-19(12)15(23)24-16(3,4)5/h9H,7-8H2,1-6H3. The van der Waals surface area contributed by atoms with Crippen LogP contribution in [0.1, 0.15) is 45.0 Å². The van der Waals surface area contributed by atoms with Crippen molar-refractivity contribution in [3.8, 4) is 0 Å². The highest BCUT2D eigenvalue weighted by Gasteiger charge is 2.39. The quantitative estimate of drug-likeness (QED) is 0.807. The smallest absolute Gasteiger partial charge is 0.416 e. The molecule has 0 aromatic carbocycles. The number of nitrogens with zero attached hydrogens (tertiary/aromatic N) is 3. The number of hydrogen-bond acceptors (Lipinski definition) is 5. The summed E-state index contributed by atoms with van der Waals surface area (Å²) in [5, 5.41) is 0. The maximum atomic E-state index is 12.5. The predicted octanol–water partition coefficient (Wildman–Crippen LogP) is 1.14. The Bertz CT molecular complexity index is 811. The summed E-state index contributed by atoms with van der Waals surface area (Å²) in [6.07, 6.45) is -0.750. The number of carbonyl (C=O) groups excluding carboxylic acids is 2. The van der Waals surface area contributed by atoms with Gasteiger partial charge in [0.1, 0.15) is 17.0 Å². The highest BCUT2D eigenvalue weighted by Crippen LogP contribution is 2.26. The topological polar surface area (TPSA) is 90.6 Å². The van der Waals surface area contributed by atoms with Crippen molar-refractivity contribution in [2.75, 3.05) is 11.4 Å². The predicted molar refractivity (Wildman–Crippen MR) is 88.7 cm³/mol. The maximum absolute atomic E-state index is 12.5. The zero-order valence-corrected chi connectivity index (χ0v) is 14.9. The largest absolute Gasteiger partial charge is 0.443 e. The van der Waals surface area contributed by atoms with Crippen molar-refractivity contribution in [2.45, 2.75) is 46.8 Å². The van der Waals surface area contributed by atoms with Crippen LogP contribution in [0.5, 0.6) is 0 Å². The Hall–Kier alpha value is -2.38. The van der Waals surface area contributed by atoms with Gasteiger partial charge in [-0.15, -0.1) is 0 Å². The molecular formula is C16H23N3O5. The number of ketones is 1. The zero-order valence-electron chi connectivity index (χ0n) is 14.9. The van der Waals surface area contributed by atoms with Gasteiger partial charge in [0.2, 0.25) is 0 Å². The Morgan fingerprint density at radius 3 is 2.29 bits per heavy atom. The second-order valence-corrected chi connectivity index (χ2v) is 7.34. The van der Waals surface area contributed by atoms with Crippen LogP contribution < -0.4 is 16.1 Å². The van der Waals surface area contributed by atoms with E-state index in [9.17, 15) is 19.2 Å². The molecular weight excluding hydrogens is 314 g/mol. The number of carbonyl (C=O) groups is 2. The van der Waals surface area contributed by atoms with Gasteiger partial charge in [-0.05, 0) is 26.7 Å². The molecule has 1 aromatic heterocycles. The van der Waals surface area contributed by atoms with Crippen LogP contribution in [0.15, 0.2) is 9.59 Å². The van der Waals surface area contributed by atoms with Crippen LogP contribution in [-0.4, -0.2) is 33.2 Å². The summed E-state index contributed by atoms with van der Waals surface area (Å²) in [5.74, 6) is -0.370. The summed E-state index contributed by atoms with van der Waals surface area (Å²) in [7, 11) is 1.32. The van der Waals surface area contributed by atoms with E-state index in [0.717, 1.165) is 9.47 Å². The Morgan fingerprint density at radius 2 is 1.79 bits per heavy atom. The zero-order chi connectivity index (χ0) is 18.4. The monoisotopic (exact) mass is 337 g/mol. The van der Waals surface area contributed by atoms with Gasteiger partial charge in [0.25, 0.3) is 5.56 Å². The lowest BCUT2D eigenvalue weighted by Crippen LogP contribution is -2.43. The molecule has 1 aliphatic rings. The first-order valence-electron chi connectivity index (χ1n) is 7.81. The van der Waals surface area contributed by atoms with Crippen LogP contribution in [-0.2, 0) is 18.3 Å². The summed E-state index contributed by atoms with van der Waals surface area (Å²) in [5.41, 5.74) is -2.14.